The van der Waals surface area contributed by atoms with Gasteiger partial charge in [-0.15, -0.1) is 0 Å². The molecule has 100 valence electrons. The van der Waals surface area contributed by atoms with E-state index in [-0.39, 0.29) is 5.56 Å². The second kappa shape index (κ2) is 6.71. The first-order valence-corrected chi connectivity index (χ1v) is 6.91. The highest BCUT2D eigenvalue weighted by Gasteiger charge is 2.21. The van der Waals surface area contributed by atoms with E-state index in [1.807, 2.05) is 12.3 Å². The predicted molar refractivity (Wildman–Crippen MR) is 73.6 cm³/mol. The summed E-state index contributed by atoms with van der Waals surface area (Å²) in [4.78, 5) is 14.1. The van der Waals surface area contributed by atoms with Crippen LogP contribution in [0.3, 0.4) is 0 Å². The lowest BCUT2D eigenvalue weighted by atomic mass is 10.2. The minimum atomic E-state index is 0.0802. The molecule has 4 nitrogen and oxygen atoms in total. The molecule has 2 N–H and O–H groups in total. The van der Waals surface area contributed by atoms with E-state index in [9.17, 15) is 4.79 Å². The summed E-state index contributed by atoms with van der Waals surface area (Å²) in [6.07, 6.45) is 7.08. The lowest BCUT2D eigenvalue weighted by molar-refractivity contribution is 0.195. The maximum absolute atomic E-state index is 11.6. The van der Waals surface area contributed by atoms with Gasteiger partial charge in [0.15, 0.2) is 0 Å². The summed E-state index contributed by atoms with van der Waals surface area (Å²) in [5.41, 5.74) is 5.77. The van der Waals surface area contributed by atoms with Crippen LogP contribution in [0.1, 0.15) is 25.7 Å². The molecule has 0 bridgehead atoms. The molecule has 0 aliphatic heterocycles. The minimum absolute atomic E-state index is 0.0802. The lowest BCUT2D eigenvalue weighted by Gasteiger charge is -2.28. The molecule has 0 amide bonds. The Kier molecular flexibility index (Phi) is 4.96. The highest BCUT2D eigenvalue weighted by atomic mass is 16.1. The smallest absolute Gasteiger partial charge is 0.250 e. The Balaban J connectivity index is 1.93. The zero-order valence-electron chi connectivity index (χ0n) is 10.9. The molecule has 0 unspecified atom stereocenters. The van der Waals surface area contributed by atoms with Crippen molar-refractivity contribution in [2.75, 3.05) is 19.6 Å². The van der Waals surface area contributed by atoms with Crippen molar-refractivity contribution in [3.05, 3.63) is 34.7 Å². The van der Waals surface area contributed by atoms with Gasteiger partial charge >= 0.3 is 0 Å². The maximum atomic E-state index is 11.6. The highest BCUT2D eigenvalue weighted by molar-refractivity contribution is 4.93. The lowest BCUT2D eigenvalue weighted by Crippen LogP contribution is -2.40. The molecule has 1 aromatic heterocycles. The van der Waals surface area contributed by atoms with Crippen molar-refractivity contribution in [1.82, 2.24) is 9.47 Å². The summed E-state index contributed by atoms with van der Waals surface area (Å²) in [5.74, 6) is 0. The predicted octanol–water partition coefficient (Wildman–Crippen LogP) is 1.05. The fourth-order valence-corrected chi connectivity index (χ4v) is 2.79. The van der Waals surface area contributed by atoms with Crippen LogP contribution < -0.4 is 11.3 Å². The van der Waals surface area contributed by atoms with Gasteiger partial charge < -0.3 is 10.3 Å². The van der Waals surface area contributed by atoms with E-state index in [0.717, 1.165) is 19.6 Å². The van der Waals surface area contributed by atoms with Crippen LogP contribution >= 0.6 is 0 Å². The van der Waals surface area contributed by atoms with E-state index in [2.05, 4.69) is 4.90 Å². The van der Waals surface area contributed by atoms with Gasteiger partial charge in [-0.2, -0.15) is 0 Å². The largest absolute Gasteiger partial charge is 0.329 e. The number of hydrogen-bond donors (Lipinski definition) is 1. The first-order valence-electron chi connectivity index (χ1n) is 6.91. The van der Waals surface area contributed by atoms with Crippen LogP contribution in [-0.2, 0) is 6.54 Å². The van der Waals surface area contributed by atoms with Crippen LogP contribution in [0.15, 0.2) is 29.2 Å². The van der Waals surface area contributed by atoms with Crippen LogP contribution in [0.4, 0.5) is 0 Å². The van der Waals surface area contributed by atoms with Crippen molar-refractivity contribution < 1.29 is 0 Å². The molecule has 1 heterocycles. The second-order valence-corrected chi connectivity index (χ2v) is 5.00. The molecule has 1 fully saturated rings. The summed E-state index contributed by atoms with van der Waals surface area (Å²) in [6, 6.07) is 5.98. The molecule has 1 aliphatic carbocycles. The van der Waals surface area contributed by atoms with Crippen LogP contribution in [0.5, 0.6) is 0 Å². The molecule has 4 heteroatoms. The van der Waals surface area contributed by atoms with E-state index >= 15 is 0 Å². The molecule has 0 radical (unpaired) electrons. The number of rotatable bonds is 6. The van der Waals surface area contributed by atoms with Gasteiger partial charge in [-0.1, -0.05) is 18.9 Å². The third kappa shape index (κ3) is 3.43. The van der Waals surface area contributed by atoms with E-state index < -0.39 is 0 Å². The zero-order chi connectivity index (χ0) is 12.8. The molecular formula is C14H23N3O. The summed E-state index contributed by atoms with van der Waals surface area (Å²) in [6.45, 7) is 3.31. The van der Waals surface area contributed by atoms with Crippen LogP contribution in [0.2, 0.25) is 0 Å². The topological polar surface area (TPSA) is 51.3 Å². The van der Waals surface area contributed by atoms with Crippen LogP contribution in [0, 0.1) is 0 Å². The number of pyridine rings is 1. The fourth-order valence-electron chi connectivity index (χ4n) is 2.79. The van der Waals surface area contributed by atoms with E-state index in [1.54, 1.807) is 16.7 Å². The Morgan fingerprint density at radius 3 is 2.72 bits per heavy atom. The molecule has 0 saturated heterocycles. The number of hydrogen-bond acceptors (Lipinski definition) is 3. The van der Waals surface area contributed by atoms with E-state index in [0.29, 0.717) is 12.6 Å². The molecular weight excluding hydrogens is 226 g/mol. The first kappa shape index (κ1) is 13.3. The molecule has 0 atom stereocenters. The molecule has 0 aromatic carbocycles. The SMILES string of the molecule is NCCN(CCn1ccccc1=O)C1CCCC1. The Labute approximate surface area is 108 Å². The third-order valence-electron chi connectivity index (χ3n) is 3.78. The normalized spacial score (nSPS) is 16.6. The van der Waals surface area contributed by atoms with Crippen molar-refractivity contribution in [2.45, 2.75) is 38.3 Å². The van der Waals surface area contributed by atoms with Gasteiger partial charge in [-0.25, -0.2) is 0 Å². The van der Waals surface area contributed by atoms with Crippen LogP contribution in [0.25, 0.3) is 0 Å². The molecule has 0 spiro atoms. The number of nitrogens with zero attached hydrogens (tertiary/aromatic N) is 2. The van der Waals surface area contributed by atoms with E-state index in [4.69, 9.17) is 5.73 Å². The second-order valence-electron chi connectivity index (χ2n) is 5.00. The minimum Gasteiger partial charge on any atom is -0.329 e. The van der Waals surface area contributed by atoms with Gasteiger partial charge in [-0.05, 0) is 18.9 Å². The monoisotopic (exact) mass is 249 g/mol. The van der Waals surface area contributed by atoms with E-state index in [1.165, 1.54) is 25.7 Å². The van der Waals surface area contributed by atoms with Crippen molar-refractivity contribution in [3.8, 4) is 0 Å². The van der Waals surface area contributed by atoms with Gasteiger partial charge in [0.05, 0.1) is 0 Å². The molecule has 1 saturated carbocycles. The van der Waals surface area contributed by atoms with Crippen molar-refractivity contribution in [3.63, 3.8) is 0 Å². The number of nitrogens with two attached hydrogens (primary N) is 1. The van der Waals surface area contributed by atoms with Crippen molar-refractivity contribution >= 4 is 0 Å². The van der Waals surface area contributed by atoms with Gasteiger partial charge in [-0.3, -0.25) is 9.69 Å². The van der Waals surface area contributed by atoms with Gasteiger partial charge in [0.2, 0.25) is 0 Å². The summed E-state index contributed by atoms with van der Waals surface area (Å²) < 4.78 is 1.78. The van der Waals surface area contributed by atoms with Crippen molar-refractivity contribution in [2.24, 2.45) is 5.73 Å². The first-order chi connectivity index (χ1) is 8.81. The van der Waals surface area contributed by atoms with Gasteiger partial charge in [0.25, 0.3) is 5.56 Å². The van der Waals surface area contributed by atoms with Crippen LogP contribution in [-0.4, -0.2) is 35.1 Å². The Morgan fingerprint density at radius 2 is 2.06 bits per heavy atom. The standard InChI is InChI=1S/C14H23N3O/c15-8-10-16(13-5-1-2-6-13)11-12-17-9-4-3-7-14(17)18/h3-4,7,9,13H,1-2,5-6,8,10-12,15H2. The summed E-state index contributed by atoms with van der Waals surface area (Å²) in [7, 11) is 0. The van der Waals surface area contributed by atoms with Gasteiger partial charge in [0, 0.05) is 44.5 Å². The average Bonchev–Trinajstić information content (AvgIpc) is 2.90. The molecule has 1 aliphatic rings. The summed E-state index contributed by atoms with van der Waals surface area (Å²) in [5, 5.41) is 0. The molecule has 18 heavy (non-hydrogen) atoms. The quantitative estimate of drug-likeness (QED) is 0.820. The zero-order valence-corrected chi connectivity index (χ0v) is 10.9. The van der Waals surface area contributed by atoms with Gasteiger partial charge in [0.1, 0.15) is 0 Å². The summed E-state index contributed by atoms with van der Waals surface area (Å²) >= 11 is 0. The molecule has 1 aromatic rings. The molecule has 2 rings (SSSR count). The Morgan fingerprint density at radius 1 is 1.28 bits per heavy atom. The Hall–Kier alpha value is -1.13. The maximum Gasteiger partial charge on any atom is 0.250 e. The average molecular weight is 249 g/mol. The highest BCUT2D eigenvalue weighted by Crippen LogP contribution is 2.22. The third-order valence-corrected chi connectivity index (χ3v) is 3.78. The Bertz CT molecular complexity index is 410. The fraction of sp³-hybridized carbons (Fsp3) is 0.643. The number of aromatic nitrogens is 1. The van der Waals surface area contributed by atoms with Crippen molar-refractivity contribution in [1.29, 1.82) is 0 Å².